The lowest BCUT2D eigenvalue weighted by Gasteiger charge is -2.59. The molecule has 2 amide bonds. The molecule has 1 aromatic rings. The fourth-order valence-electron chi connectivity index (χ4n) is 13.2. The van der Waals surface area contributed by atoms with Gasteiger partial charge in [0, 0.05) is 43.8 Å². The molecule has 0 radical (unpaired) electrons. The number of amides is 2. The van der Waals surface area contributed by atoms with Gasteiger partial charge in [-0.05, 0) is 105 Å². The maximum atomic E-state index is 14.0. The van der Waals surface area contributed by atoms with Gasteiger partial charge in [-0.15, -0.1) is 0 Å². The first-order valence-corrected chi connectivity index (χ1v) is 27.8. The minimum Gasteiger partial charge on any atom is -0.497 e. The van der Waals surface area contributed by atoms with Gasteiger partial charge in [0.1, 0.15) is 48.2 Å². The molecule has 1 aromatic carbocycles. The molecule has 3 saturated carbocycles. The van der Waals surface area contributed by atoms with Gasteiger partial charge in [-0.3, -0.25) is 9.59 Å². The van der Waals surface area contributed by atoms with Gasteiger partial charge in [0.25, 0.3) is 0 Å². The van der Waals surface area contributed by atoms with Crippen molar-refractivity contribution in [2.75, 3.05) is 40.0 Å². The van der Waals surface area contributed by atoms with Gasteiger partial charge in [0.15, 0.2) is 31.1 Å². The Labute approximate surface area is 452 Å². The molecule has 20 heteroatoms. The van der Waals surface area contributed by atoms with Crippen LogP contribution in [0.25, 0.3) is 0 Å². The smallest absolute Gasteiger partial charge is 0.407 e. The molecule has 77 heavy (non-hydrogen) atoms. The monoisotopic (exact) mass is 1090 g/mol. The Morgan fingerprint density at radius 2 is 1.56 bits per heavy atom. The number of nitrogens with one attached hydrogen (secondary N) is 2. The van der Waals surface area contributed by atoms with Crippen LogP contribution in [0, 0.1) is 34.5 Å². The van der Waals surface area contributed by atoms with Crippen molar-refractivity contribution in [1.82, 2.24) is 10.6 Å². The third kappa shape index (κ3) is 14.2. The molecule has 0 bridgehead atoms. The van der Waals surface area contributed by atoms with E-state index in [2.05, 4.69) is 37.1 Å². The molecule has 10 unspecified atom stereocenters. The average molecular weight is 1090 g/mol. The van der Waals surface area contributed by atoms with E-state index < -0.39 is 104 Å². The van der Waals surface area contributed by atoms with E-state index in [1.165, 1.54) is 25.7 Å². The molecule has 7 rings (SSSR count). The highest BCUT2D eigenvalue weighted by Crippen LogP contribution is 2.68. The molecule has 20 nitrogen and oxygen atoms in total. The number of unbranched alkanes of at least 4 members (excludes halogenated alkanes) is 3. The summed E-state index contributed by atoms with van der Waals surface area (Å²) in [6.45, 7) is 13.1. The van der Waals surface area contributed by atoms with E-state index in [0.29, 0.717) is 56.7 Å². The molecule has 17 atom stereocenters. The average Bonchev–Trinajstić information content (AvgIpc) is 3.74. The normalized spacial score (nSPS) is 36.0. The van der Waals surface area contributed by atoms with Crippen LogP contribution < -0.4 is 15.4 Å². The van der Waals surface area contributed by atoms with Gasteiger partial charge >= 0.3 is 18.2 Å². The maximum absolute atomic E-state index is 14.0. The van der Waals surface area contributed by atoms with Crippen molar-refractivity contribution in [3.05, 3.63) is 54.1 Å². The second-order valence-electron chi connectivity index (χ2n) is 23.0. The second kappa shape index (κ2) is 26.8. The third-order valence-electron chi connectivity index (χ3n) is 17.5. The summed E-state index contributed by atoms with van der Waals surface area (Å²) in [7, 11) is 1.49. The predicted octanol–water partition coefficient (Wildman–Crippen LogP) is 5.84. The number of alkyl carbamates (subject to hydrolysis) is 2. The standard InChI is InChI=1S/C57H86N2O18/c1-8-27-70-53(66)58-25-11-9-10-12-26-59-54(67)74-44-32-72-51(48(46(44)64)76-50(65)35-14-18-39(69-7)19-15-35)77-47-43(63)31-71-52(49(47)73-34(4)60)75-45-29-42-40-20-16-36-28-37(61)21-23-55(36,5)41(40)22-24-56(42,6)57(45,68)30-38(62)17-13-33(2)3/h8,14-16,18-19,33,37,40-52,61,63-65,68H,1,9-13,17,20-32H2,2-7H3,(H,58,66)(H,59,67)/t37-,40+,41?,42-,43?,44?,45-,46?,47?,48?,49?,50?,51?,52?,55-,56-,57+/m0/s1. The number of hydrogen-bond acceptors (Lipinski definition) is 18. The summed E-state index contributed by atoms with van der Waals surface area (Å²) in [5.74, 6) is 0.286. The number of aliphatic hydroxyl groups excluding tert-OH is 4. The van der Waals surface area contributed by atoms with Crippen LogP contribution in [-0.4, -0.2) is 157 Å². The number of Topliss-reactive ketones (excluding diaryl/α,β-unsaturated/α-hetero) is 1. The Bertz CT molecular complexity index is 2180. The predicted molar refractivity (Wildman–Crippen MR) is 278 cm³/mol. The summed E-state index contributed by atoms with van der Waals surface area (Å²) in [4.78, 5) is 51.7. The van der Waals surface area contributed by atoms with Crippen LogP contribution in [0.15, 0.2) is 48.6 Å². The lowest BCUT2D eigenvalue weighted by atomic mass is 9.46. The van der Waals surface area contributed by atoms with E-state index in [1.807, 2.05) is 13.8 Å². The van der Waals surface area contributed by atoms with Crippen molar-refractivity contribution < 1.29 is 87.3 Å². The molecule has 6 aliphatic rings. The summed E-state index contributed by atoms with van der Waals surface area (Å²) in [5, 5.41) is 64.3. The van der Waals surface area contributed by atoms with Crippen molar-refractivity contribution >= 4 is 23.9 Å². The number of allylic oxidation sites excluding steroid dienone is 1. The van der Waals surface area contributed by atoms with Gasteiger partial charge < -0.3 is 78.8 Å². The van der Waals surface area contributed by atoms with Crippen LogP contribution in [0.1, 0.15) is 136 Å². The van der Waals surface area contributed by atoms with Crippen molar-refractivity contribution in [1.29, 1.82) is 0 Å². The first-order chi connectivity index (χ1) is 36.7. The maximum Gasteiger partial charge on any atom is 0.407 e. The van der Waals surface area contributed by atoms with Crippen molar-refractivity contribution in [2.45, 2.75) is 198 Å². The molecule has 0 aromatic heterocycles. The number of carbonyl (C=O) groups is 4. The van der Waals surface area contributed by atoms with E-state index in [0.717, 1.165) is 38.5 Å². The molecule has 4 aliphatic carbocycles. The fraction of sp³-hybridized carbons (Fsp3) is 0.754. The fourth-order valence-corrected chi connectivity index (χ4v) is 13.2. The SMILES string of the molecule is C=CCOC(=O)NCCCCCCNC(=O)OC1COC(OC2C(O)COC(O[C@H]3C[C@H]4[C@@H]5CC=C6C[C@@H](O)CC[C@]6(C)C5CC[C@]4(C)[C@@]3(O)CC(=O)CCC(C)C)C2OC(C)=O)C(OC(O)c2ccc(OC)cc2)C1O. The van der Waals surface area contributed by atoms with Crippen molar-refractivity contribution in [3.8, 4) is 5.75 Å². The topological polar surface area (TPSA) is 277 Å². The van der Waals surface area contributed by atoms with Gasteiger partial charge in [-0.2, -0.15) is 0 Å². The lowest BCUT2D eigenvalue weighted by Crippen LogP contribution is -2.63. The molecule has 2 aliphatic heterocycles. The molecule has 2 heterocycles. The van der Waals surface area contributed by atoms with E-state index in [1.54, 1.807) is 24.3 Å². The van der Waals surface area contributed by atoms with Crippen LogP contribution >= 0.6 is 0 Å². The van der Waals surface area contributed by atoms with Gasteiger partial charge in [-0.25, -0.2) is 9.59 Å². The summed E-state index contributed by atoms with van der Waals surface area (Å²) in [6, 6.07) is 6.31. The molecule has 7 N–H and O–H groups in total. The third-order valence-corrected chi connectivity index (χ3v) is 17.5. The zero-order valence-corrected chi connectivity index (χ0v) is 45.8. The van der Waals surface area contributed by atoms with Crippen LogP contribution in [0.3, 0.4) is 0 Å². The van der Waals surface area contributed by atoms with Crippen LogP contribution in [0.5, 0.6) is 5.75 Å². The van der Waals surface area contributed by atoms with Crippen molar-refractivity contribution in [3.63, 3.8) is 0 Å². The summed E-state index contributed by atoms with van der Waals surface area (Å²) in [6.07, 6.45) is -4.34. The Balaban J connectivity index is 1.08. The molecule has 0 spiro atoms. The van der Waals surface area contributed by atoms with Gasteiger partial charge in [0.05, 0.1) is 32.5 Å². The summed E-state index contributed by atoms with van der Waals surface area (Å²) >= 11 is 0. The number of fused-ring (bicyclic) bond motifs is 5. The zero-order chi connectivity index (χ0) is 55.7. The number of carbonyl (C=O) groups excluding carboxylic acids is 4. The summed E-state index contributed by atoms with van der Waals surface area (Å²) < 4.78 is 53.4. The number of ketones is 1. The van der Waals surface area contributed by atoms with Crippen LogP contribution in [-0.2, 0) is 47.5 Å². The number of benzene rings is 1. The Hall–Kier alpha value is -4.22. The van der Waals surface area contributed by atoms with E-state index in [-0.39, 0.29) is 66.6 Å². The highest BCUT2D eigenvalue weighted by Gasteiger charge is 2.69. The Kier molecular flexibility index (Phi) is 21.1. The first-order valence-electron chi connectivity index (χ1n) is 27.8. The molecule has 2 saturated heterocycles. The first kappa shape index (κ1) is 60.4. The second-order valence-corrected chi connectivity index (χ2v) is 23.0. The number of methoxy groups -OCH3 is 1. The Morgan fingerprint density at radius 1 is 0.870 bits per heavy atom. The number of hydrogen-bond donors (Lipinski definition) is 7. The molecule has 432 valence electrons. The van der Waals surface area contributed by atoms with E-state index in [9.17, 15) is 44.7 Å². The van der Waals surface area contributed by atoms with E-state index in [4.69, 9.17) is 42.6 Å². The quantitative estimate of drug-likeness (QED) is 0.0211. The molecular formula is C57H86N2O18. The van der Waals surface area contributed by atoms with Crippen LogP contribution in [0.4, 0.5) is 9.59 Å². The van der Waals surface area contributed by atoms with Gasteiger partial charge in [0.2, 0.25) is 0 Å². The number of rotatable bonds is 24. The number of ether oxygens (including phenoxy) is 9. The minimum atomic E-state index is -1.69. The van der Waals surface area contributed by atoms with Crippen LogP contribution in [0.2, 0.25) is 0 Å². The molecular weight excluding hydrogens is 1000 g/mol. The minimum absolute atomic E-state index is 0.0751. The van der Waals surface area contributed by atoms with Gasteiger partial charge in [-0.1, -0.05) is 77.0 Å². The van der Waals surface area contributed by atoms with Crippen molar-refractivity contribution in [2.24, 2.45) is 34.5 Å². The largest absolute Gasteiger partial charge is 0.497 e. The summed E-state index contributed by atoms with van der Waals surface area (Å²) in [5.41, 5.74) is -0.971. The number of aliphatic hydroxyl groups is 5. The molecule has 5 fully saturated rings. The highest BCUT2D eigenvalue weighted by atomic mass is 16.8. The Morgan fingerprint density at radius 3 is 2.23 bits per heavy atom. The zero-order valence-electron chi connectivity index (χ0n) is 45.8. The number of esters is 1. The highest BCUT2D eigenvalue weighted by molar-refractivity contribution is 5.80. The van der Waals surface area contributed by atoms with E-state index >= 15 is 0 Å². The lowest BCUT2D eigenvalue weighted by molar-refractivity contribution is -0.356.